The molecule has 190 valence electrons. The Labute approximate surface area is 214 Å². The number of halogens is 1. The van der Waals surface area contributed by atoms with E-state index in [0.717, 1.165) is 22.5 Å². The van der Waals surface area contributed by atoms with Gasteiger partial charge in [0, 0.05) is 54.5 Å². The minimum Gasteiger partial charge on any atom is -0.453 e. The lowest BCUT2D eigenvalue weighted by Gasteiger charge is -2.32. The number of imidazole rings is 1. The Morgan fingerprint density at radius 3 is 2.75 bits per heavy atom. The fourth-order valence-corrected chi connectivity index (χ4v) is 5.16. The van der Waals surface area contributed by atoms with Crippen molar-refractivity contribution in [2.45, 2.75) is 32.0 Å². The van der Waals surface area contributed by atoms with Crippen LogP contribution in [-0.4, -0.2) is 88.4 Å². The number of amides is 2. The highest BCUT2D eigenvalue weighted by molar-refractivity contribution is 6.30. The van der Waals surface area contributed by atoms with Gasteiger partial charge in [0.05, 0.1) is 43.9 Å². The molecule has 2 aromatic heterocycles. The van der Waals surface area contributed by atoms with Gasteiger partial charge in [0.1, 0.15) is 5.65 Å². The predicted molar refractivity (Wildman–Crippen MR) is 134 cm³/mol. The Kier molecular flexibility index (Phi) is 6.87. The summed E-state index contributed by atoms with van der Waals surface area (Å²) in [4.78, 5) is 33.2. The number of rotatable bonds is 4. The number of aliphatic hydroxyl groups excluding tert-OH is 1. The van der Waals surface area contributed by atoms with Gasteiger partial charge in [0.15, 0.2) is 0 Å². The van der Waals surface area contributed by atoms with Crippen molar-refractivity contribution < 1.29 is 24.2 Å². The van der Waals surface area contributed by atoms with Crippen LogP contribution in [0.25, 0.3) is 16.9 Å². The van der Waals surface area contributed by atoms with Crippen molar-refractivity contribution in [2.24, 2.45) is 0 Å². The third-order valence-corrected chi connectivity index (χ3v) is 7.09. The summed E-state index contributed by atoms with van der Waals surface area (Å²) in [7, 11) is 1.38. The average Bonchev–Trinajstić information content (AvgIpc) is 3.46. The van der Waals surface area contributed by atoms with Gasteiger partial charge in [0.25, 0.3) is 5.91 Å². The van der Waals surface area contributed by atoms with Gasteiger partial charge in [-0.05, 0) is 37.1 Å². The van der Waals surface area contributed by atoms with E-state index in [1.807, 2.05) is 47.9 Å². The quantitative estimate of drug-likeness (QED) is 0.577. The molecule has 2 atom stereocenters. The highest BCUT2D eigenvalue weighted by atomic mass is 35.5. The zero-order valence-corrected chi connectivity index (χ0v) is 21.1. The minimum atomic E-state index is -0.459. The van der Waals surface area contributed by atoms with Crippen molar-refractivity contribution in [1.82, 2.24) is 19.2 Å². The van der Waals surface area contributed by atoms with Gasteiger partial charge in [-0.15, -0.1) is 0 Å². The number of aliphatic hydroxyl groups is 1. The number of carbonyl (C=O) groups is 2. The second kappa shape index (κ2) is 10.1. The molecule has 1 aromatic carbocycles. The topological polar surface area (TPSA) is 96.6 Å². The van der Waals surface area contributed by atoms with Crippen LogP contribution in [0.2, 0.25) is 5.02 Å². The molecule has 2 saturated heterocycles. The molecule has 4 heterocycles. The zero-order valence-electron chi connectivity index (χ0n) is 20.3. The van der Waals surface area contributed by atoms with Gasteiger partial charge in [-0.1, -0.05) is 17.7 Å². The summed E-state index contributed by atoms with van der Waals surface area (Å²) in [5.41, 5.74) is 4.83. The van der Waals surface area contributed by atoms with Crippen LogP contribution >= 0.6 is 11.6 Å². The Morgan fingerprint density at radius 1 is 1.19 bits per heavy atom. The van der Waals surface area contributed by atoms with E-state index in [1.54, 1.807) is 9.80 Å². The van der Waals surface area contributed by atoms with Gasteiger partial charge >= 0.3 is 6.09 Å². The molecule has 0 unspecified atom stereocenters. The highest BCUT2D eigenvalue weighted by Gasteiger charge is 2.29. The largest absolute Gasteiger partial charge is 0.453 e. The summed E-state index contributed by atoms with van der Waals surface area (Å²) in [5.74, 6) is -0.0817. The van der Waals surface area contributed by atoms with E-state index in [9.17, 15) is 14.7 Å². The number of nitrogens with zero attached hydrogens (tertiary/aromatic N) is 4. The van der Waals surface area contributed by atoms with Crippen LogP contribution in [0, 0.1) is 6.92 Å². The second-order valence-corrected chi connectivity index (χ2v) is 9.75. The van der Waals surface area contributed by atoms with Crippen LogP contribution in [-0.2, 0) is 15.9 Å². The molecule has 0 bridgehead atoms. The van der Waals surface area contributed by atoms with Crippen LogP contribution in [0.1, 0.15) is 28.0 Å². The molecule has 10 heteroatoms. The summed E-state index contributed by atoms with van der Waals surface area (Å²) in [6, 6.07) is 9.23. The monoisotopic (exact) mass is 512 g/mol. The smallest absolute Gasteiger partial charge is 0.409 e. The number of β-amino-alcohol motifs (C(OH)–C–C–N with tert-alkyl or cyclic N) is 1. The van der Waals surface area contributed by atoms with Crippen molar-refractivity contribution in [3.05, 3.63) is 58.4 Å². The Hall–Kier alpha value is -3.14. The normalized spacial score (nSPS) is 20.2. The second-order valence-electron chi connectivity index (χ2n) is 9.32. The molecular formula is C26H29ClN4O5. The molecule has 0 radical (unpaired) electrons. The van der Waals surface area contributed by atoms with Crippen molar-refractivity contribution in [3.8, 4) is 11.3 Å². The van der Waals surface area contributed by atoms with Crippen molar-refractivity contribution in [1.29, 1.82) is 0 Å². The lowest BCUT2D eigenvalue weighted by Crippen LogP contribution is -2.46. The fraction of sp³-hybridized carbons (Fsp3) is 0.423. The van der Waals surface area contributed by atoms with E-state index in [4.69, 9.17) is 26.1 Å². The number of likely N-dealkylation sites (tertiary alicyclic amines) is 1. The number of methoxy groups -OCH3 is 1. The maximum absolute atomic E-state index is 12.9. The molecule has 2 fully saturated rings. The molecule has 0 saturated carbocycles. The summed E-state index contributed by atoms with van der Waals surface area (Å²) in [6.07, 6.45) is 1.96. The minimum absolute atomic E-state index is 0.0817. The summed E-state index contributed by atoms with van der Waals surface area (Å²) < 4.78 is 12.9. The Morgan fingerprint density at radius 2 is 2.03 bits per heavy atom. The first-order valence-corrected chi connectivity index (χ1v) is 12.4. The van der Waals surface area contributed by atoms with Gasteiger partial charge in [-0.2, -0.15) is 0 Å². The first-order chi connectivity index (χ1) is 17.3. The maximum atomic E-state index is 12.9. The van der Waals surface area contributed by atoms with E-state index in [0.29, 0.717) is 61.9 Å². The van der Waals surface area contributed by atoms with E-state index in [2.05, 4.69) is 0 Å². The number of ether oxygens (including phenoxy) is 2. The van der Waals surface area contributed by atoms with E-state index in [-0.39, 0.29) is 18.1 Å². The number of aromatic nitrogens is 2. The summed E-state index contributed by atoms with van der Waals surface area (Å²) >= 11 is 6.25. The van der Waals surface area contributed by atoms with Crippen LogP contribution < -0.4 is 0 Å². The molecule has 2 aliphatic heterocycles. The molecule has 2 amide bonds. The number of morpholine rings is 1. The first kappa shape index (κ1) is 24.5. The predicted octanol–water partition coefficient (Wildman–Crippen LogP) is 3.18. The number of pyridine rings is 1. The van der Waals surface area contributed by atoms with E-state index in [1.165, 1.54) is 7.11 Å². The van der Waals surface area contributed by atoms with Crippen LogP contribution in [0.15, 0.2) is 36.5 Å². The first-order valence-electron chi connectivity index (χ1n) is 12.0. The number of carbonyl (C=O) groups excluding carboxylic acids is 2. The Balaban J connectivity index is 1.48. The standard InChI is InChI=1S/C26H29ClN4O5/c1-16-11-17(25(33)29-7-6-19(32)14-29)3-4-21(16)24-22(31-8-5-18(27)12-23(31)28-24)13-20-15-30(9-10-36-20)26(34)35-2/h3-5,8,11-12,19-20,32H,6-7,9-10,13-15H2,1-2H3/t19-,20+/m1/s1. The molecule has 2 aliphatic rings. The molecule has 0 aliphatic carbocycles. The average molecular weight is 513 g/mol. The van der Waals surface area contributed by atoms with Crippen molar-refractivity contribution in [3.63, 3.8) is 0 Å². The number of benzene rings is 1. The third kappa shape index (κ3) is 4.78. The van der Waals surface area contributed by atoms with Gasteiger partial charge in [0.2, 0.25) is 0 Å². The van der Waals surface area contributed by atoms with Crippen LogP contribution in [0.4, 0.5) is 4.79 Å². The molecule has 5 rings (SSSR count). The lowest BCUT2D eigenvalue weighted by atomic mass is 9.99. The number of hydrogen-bond acceptors (Lipinski definition) is 6. The summed E-state index contributed by atoms with van der Waals surface area (Å²) in [5, 5.41) is 10.4. The molecule has 9 nitrogen and oxygen atoms in total. The molecule has 1 N–H and O–H groups in total. The molecule has 3 aromatic rings. The zero-order chi connectivity index (χ0) is 25.4. The fourth-order valence-electron chi connectivity index (χ4n) is 5.01. The van der Waals surface area contributed by atoms with Crippen molar-refractivity contribution >= 4 is 29.2 Å². The molecular weight excluding hydrogens is 484 g/mol. The Bertz CT molecular complexity index is 1310. The third-order valence-electron chi connectivity index (χ3n) is 6.86. The van der Waals surface area contributed by atoms with Gasteiger partial charge in [-0.3, -0.25) is 4.79 Å². The number of aryl methyl sites for hydroxylation is 1. The molecule has 36 heavy (non-hydrogen) atoms. The van der Waals surface area contributed by atoms with E-state index >= 15 is 0 Å². The molecule has 0 spiro atoms. The number of fused-ring (bicyclic) bond motifs is 1. The lowest BCUT2D eigenvalue weighted by molar-refractivity contribution is -0.0241. The van der Waals surface area contributed by atoms with E-state index < -0.39 is 6.10 Å². The van der Waals surface area contributed by atoms with Crippen molar-refractivity contribution in [2.75, 3.05) is 39.9 Å². The maximum Gasteiger partial charge on any atom is 0.409 e. The van der Waals surface area contributed by atoms with Gasteiger partial charge in [-0.25, -0.2) is 9.78 Å². The van der Waals surface area contributed by atoms with Crippen LogP contribution in [0.3, 0.4) is 0 Å². The van der Waals surface area contributed by atoms with Crippen LogP contribution in [0.5, 0.6) is 0 Å². The summed E-state index contributed by atoms with van der Waals surface area (Å²) in [6.45, 7) is 4.21. The highest BCUT2D eigenvalue weighted by Crippen LogP contribution is 2.31. The SMILES string of the molecule is COC(=O)N1CCO[C@@H](Cc2c(-c3ccc(C(=O)N4CC[C@@H](O)C4)cc3C)nc3cc(Cl)ccn23)C1. The van der Waals surface area contributed by atoms with Gasteiger partial charge < -0.3 is 28.8 Å². The number of hydrogen-bond donors (Lipinski definition) is 1.